The molecule has 0 atom stereocenters. The molecular weight excluding hydrogens is 236 g/mol. The zero-order chi connectivity index (χ0) is 13.0. The smallest absolute Gasteiger partial charge is 0.126 e. The van der Waals surface area contributed by atoms with Crippen molar-refractivity contribution in [2.75, 3.05) is 6.54 Å². The van der Waals surface area contributed by atoms with Gasteiger partial charge in [-0.05, 0) is 49.7 Å². The van der Waals surface area contributed by atoms with Crippen molar-refractivity contribution in [1.29, 1.82) is 0 Å². The zero-order valence-electron chi connectivity index (χ0n) is 10.2. The van der Waals surface area contributed by atoms with Crippen LogP contribution in [0.5, 0.6) is 0 Å². The van der Waals surface area contributed by atoms with Gasteiger partial charge in [0.05, 0.1) is 6.54 Å². The quantitative estimate of drug-likeness (QED) is 0.825. The number of halogens is 2. The molecule has 0 fully saturated rings. The van der Waals surface area contributed by atoms with Crippen LogP contribution in [-0.2, 0) is 13.0 Å². The van der Waals surface area contributed by atoms with Crippen LogP contribution < -0.4 is 5.32 Å². The van der Waals surface area contributed by atoms with Gasteiger partial charge in [0.15, 0.2) is 0 Å². The second kappa shape index (κ2) is 5.78. The first kappa shape index (κ1) is 12.8. The number of hydrogen-bond donors (Lipinski definition) is 1. The van der Waals surface area contributed by atoms with Gasteiger partial charge in [0, 0.05) is 6.07 Å². The van der Waals surface area contributed by atoms with Crippen LogP contribution in [0.15, 0.2) is 34.7 Å². The first-order valence-electron chi connectivity index (χ1n) is 5.84. The lowest BCUT2D eigenvalue weighted by molar-refractivity contribution is 0.462. The SMILES string of the molecule is Cc1ccc(CNCCc2cc(F)cc(F)c2)o1. The monoisotopic (exact) mass is 251 g/mol. The highest BCUT2D eigenvalue weighted by molar-refractivity contribution is 5.18. The summed E-state index contributed by atoms with van der Waals surface area (Å²) in [5.41, 5.74) is 0.649. The predicted octanol–water partition coefficient (Wildman–Crippen LogP) is 3.20. The normalized spacial score (nSPS) is 10.8. The fourth-order valence-corrected chi connectivity index (χ4v) is 1.78. The molecule has 0 aliphatic carbocycles. The lowest BCUT2D eigenvalue weighted by atomic mass is 10.1. The molecule has 0 spiro atoms. The van der Waals surface area contributed by atoms with Crippen LogP contribution in [0.3, 0.4) is 0 Å². The summed E-state index contributed by atoms with van der Waals surface area (Å²) in [4.78, 5) is 0. The third-order valence-electron chi connectivity index (χ3n) is 2.61. The van der Waals surface area contributed by atoms with E-state index in [-0.39, 0.29) is 0 Å². The molecular formula is C14H15F2NO. The summed E-state index contributed by atoms with van der Waals surface area (Å²) in [6, 6.07) is 7.38. The Balaban J connectivity index is 1.78. The van der Waals surface area contributed by atoms with E-state index in [1.165, 1.54) is 12.1 Å². The Labute approximate surface area is 105 Å². The average Bonchev–Trinajstić information content (AvgIpc) is 2.69. The molecule has 1 aromatic carbocycles. The van der Waals surface area contributed by atoms with E-state index in [0.29, 0.717) is 25.1 Å². The highest BCUT2D eigenvalue weighted by Gasteiger charge is 2.01. The fourth-order valence-electron chi connectivity index (χ4n) is 1.78. The number of benzene rings is 1. The van der Waals surface area contributed by atoms with Crippen molar-refractivity contribution in [3.63, 3.8) is 0 Å². The highest BCUT2D eigenvalue weighted by atomic mass is 19.1. The molecule has 0 bridgehead atoms. The van der Waals surface area contributed by atoms with E-state index in [9.17, 15) is 8.78 Å². The molecule has 0 aliphatic rings. The molecule has 1 heterocycles. The Hall–Kier alpha value is -1.68. The standard InChI is InChI=1S/C14H15F2NO/c1-10-2-3-14(18-10)9-17-5-4-11-6-12(15)8-13(16)7-11/h2-3,6-8,17H,4-5,9H2,1H3. The van der Waals surface area contributed by atoms with Crippen LogP contribution in [0.25, 0.3) is 0 Å². The molecule has 2 rings (SSSR count). The van der Waals surface area contributed by atoms with E-state index in [0.717, 1.165) is 17.6 Å². The van der Waals surface area contributed by atoms with Crippen LogP contribution in [0.1, 0.15) is 17.1 Å². The zero-order valence-corrected chi connectivity index (χ0v) is 10.2. The molecule has 4 heteroatoms. The Kier molecular flexibility index (Phi) is 4.10. The van der Waals surface area contributed by atoms with Gasteiger partial charge in [-0.3, -0.25) is 0 Å². The van der Waals surface area contributed by atoms with Crippen molar-refractivity contribution >= 4 is 0 Å². The third-order valence-corrected chi connectivity index (χ3v) is 2.61. The van der Waals surface area contributed by atoms with Crippen molar-refractivity contribution in [3.8, 4) is 0 Å². The first-order valence-corrected chi connectivity index (χ1v) is 5.84. The topological polar surface area (TPSA) is 25.2 Å². The van der Waals surface area contributed by atoms with E-state index in [2.05, 4.69) is 5.32 Å². The Morgan fingerprint density at radius 3 is 2.44 bits per heavy atom. The summed E-state index contributed by atoms with van der Waals surface area (Å²) < 4.78 is 31.3. The minimum Gasteiger partial charge on any atom is -0.465 e. The van der Waals surface area contributed by atoms with Crippen molar-refractivity contribution in [2.24, 2.45) is 0 Å². The lowest BCUT2D eigenvalue weighted by Crippen LogP contribution is -2.16. The van der Waals surface area contributed by atoms with Crippen molar-refractivity contribution in [2.45, 2.75) is 19.9 Å². The van der Waals surface area contributed by atoms with E-state index in [1.807, 2.05) is 19.1 Å². The van der Waals surface area contributed by atoms with E-state index >= 15 is 0 Å². The van der Waals surface area contributed by atoms with Crippen molar-refractivity contribution < 1.29 is 13.2 Å². The maximum absolute atomic E-state index is 12.9. The molecule has 1 N–H and O–H groups in total. The molecule has 96 valence electrons. The van der Waals surface area contributed by atoms with Gasteiger partial charge in [-0.15, -0.1) is 0 Å². The maximum Gasteiger partial charge on any atom is 0.126 e. The van der Waals surface area contributed by atoms with E-state index in [1.54, 1.807) is 0 Å². The molecule has 0 saturated heterocycles. The van der Waals surface area contributed by atoms with Crippen LogP contribution in [0.4, 0.5) is 8.78 Å². The Morgan fingerprint density at radius 1 is 1.11 bits per heavy atom. The number of aryl methyl sites for hydroxylation is 1. The van der Waals surface area contributed by atoms with E-state index < -0.39 is 11.6 Å². The molecule has 2 nitrogen and oxygen atoms in total. The van der Waals surface area contributed by atoms with Crippen molar-refractivity contribution in [1.82, 2.24) is 5.32 Å². The molecule has 2 aromatic rings. The minimum absolute atomic E-state index is 0.536. The predicted molar refractivity (Wildman–Crippen MR) is 65.2 cm³/mol. The summed E-state index contributed by atoms with van der Waals surface area (Å²) in [5, 5.41) is 3.16. The van der Waals surface area contributed by atoms with Gasteiger partial charge >= 0.3 is 0 Å². The molecule has 0 saturated carbocycles. The fraction of sp³-hybridized carbons (Fsp3) is 0.286. The van der Waals surface area contributed by atoms with Gasteiger partial charge in [-0.25, -0.2) is 8.78 Å². The van der Waals surface area contributed by atoms with Crippen LogP contribution in [0, 0.1) is 18.6 Å². The minimum atomic E-state index is -0.536. The highest BCUT2D eigenvalue weighted by Crippen LogP contribution is 2.09. The second-order valence-corrected chi connectivity index (χ2v) is 4.22. The van der Waals surface area contributed by atoms with Gasteiger partial charge in [-0.2, -0.15) is 0 Å². The lowest BCUT2D eigenvalue weighted by Gasteiger charge is -2.04. The molecule has 18 heavy (non-hydrogen) atoms. The Morgan fingerprint density at radius 2 is 1.83 bits per heavy atom. The van der Waals surface area contributed by atoms with Gasteiger partial charge in [0.2, 0.25) is 0 Å². The number of furan rings is 1. The summed E-state index contributed by atoms with van der Waals surface area (Å²) in [5.74, 6) is 0.662. The van der Waals surface area contributed by atoms with Crippen LogP contribution in [-0.4, -0.2) is 6.54 Å². The molecule has 0 unspecified atom stereocenters. The molecule has 0 amide bonds. The van der Waals surface area contributed by atoms with Gasteiger partial charge < -0.3 is 9.73 Å². The summed E-state index contributed by atoms with van der Waals surface area (Å²) >= 11 is 0. The Bertz CT molecular complexity index is 502. The average molecular weight is 251 g/mol. The maximum atomic E-state index is 12.9. The van der Waals surface area contributed by atoms with E-state index in [4.69, 9.17) is 4.42 Å². The summed E-state index contributed by atoms with van der Waals surface area (Å²) in [6.07, 6.45) is 0.578. The van der Waals surface area contributed by atoms with Crippen LogP contribution >= 0.6 is 0 Å². The largest absolute Gasteiger partial charge is 0.465 e. The van der Waals surface area contributed by atoms with Crippen molar-refractivity contribution in [3.05, 3.63) is 59.1 Å². The summed E-state index contributed by atoms with van der Waals surface area (Å²) in [7, 11) is 0. The first-order chi connectivity index (χ1) is 8.63. The van der Waals surface area contributed by atoms with Gasteiger partial charge in [0.1, 0.15) is 23.2 Å². The molecule has 1 aromatic heterocycles. The van der Waals surface area contributed by atoms with Crippen LogP contribution in [0.2, 0.25) is 0 Å². The molecule has 0 aliphatic heterocycles. The number of rotatable bonds is 5. The number of hydrogen-bond acceptors (Lipinski definition) is 2. The van der Waals surface area contributed by atoms with Gasteiger partial charge in [-0.1, -0.05) is 0 Å². The molecule has 0 radical (unpaired) electrons. The third kappa shape index (κ3) is 3.67. The second-order valence-electron chi connectivity index (χ2n) is 4.22. The summed E-state index contributed by atoms with van der Waals surface area (Å²) in [6.45, 7) is 3.15. The van der Waals surface area contributed by atoms with Gasteiger partial charge in [0.25, 0.3) is 0 Å². The number of nitrogens with one attached hydrogen (secondary N) is 1.